The van der Waals surface area contributed by atoms with Gasteiger partial charge in [-0.05, 0) is 37.1 Å². The molecule has 7 heteroatoms. The van der Waals surface area contributed by atoms with Gasteiger partial charge in [0, 0.05) is 12.2 Å². The number of rotatable bonds is 4. The van der Waals surface area contributed by atoms with Crippen molar-refractivity contribution in [3.63, 3.8) is 0 Å². The second kappa shape index (κ2) is 6.21. The summed E-state index contributed by atoms with van der Waals surface area (Å²) in [5.41, 5.74) is -0.385. The molecular weight excluding hydrogens is 300 g/mol. The van der Waals surface area contributed by atoms with Gasteiger partial charge in [0.25, 0.3) is 5.91 Å². The molecule has 22 heavy (non-hydrogen) atoms. The van der Waals surface area contributed by atoms with Crippen molar-refractivity contribution >= 4 is 5.91 Å². The van der Waals surface area contributed by atoms with Gasteiger partial charge in [0.05, 0.1) is 5.56 Å². The van der Waals surface area contributed by atoms with Gasteiger partial charge < -0.3 is 10.3 Å². The van der Waals surface area contributed by atoms with Crippen LogP contribution in [0, 0.1) is 5.82 Å². The number of carbonyl (C=O) groups is 1. The maximum atomic E-state index is 13.1. The highest BCUT2D eigenvalue weighted by molar-refractivity contribution is 5.92. The third-order valence-corrected chi connectivity index (χ3v) is 3.06. The lowest BCUT2D eigenvalue weighted by Gasteiger charge is -2.13. The molecule has 0 fully saturated rings. The zero-order valence-corrected chi connectivity index (χ0v) is 11.7. The average Bonchev–Trinajstić information content (AvgIpc) is 2.87. The van der Waals surface area contributed by atoms with Gasteiger partial charge in [0.1, 0.15) is 11.5 Å². The maximum Gasteiger partial charge on any atom is 0.417 e. The lowest BCUT2D eigenvalue weighted by Crippen LogP contribution is -2.34. The molecule has 1 aromatic heterocycles. The van der Waals surface area contributed by atoms with Crippen LogP contribution in [0.4, 0.5) is 17.6 Å². The van der Waals surface area contributed by atoms with E-state index in [1.807, 2.05) is 0 Å². The Morgan fingerprint density at radius 1 is 1.32 bits per heavy atom. The molecule has 0 aliphatic rings. The number of carbonyl (C=O) groups excluding carboxylic acids is 1. The zero-order valence-electron chi connectivity index (χ0n) is 11.7. The molecule has 0 aliphatic carbocycles. The molecule has 0 spiro atoms. The molecule has 0 bridgehead atoms. The topological polar surface area (TPSA) is 44.9 Å². The Morgan fingerprint density at radius 3 is 2.64 bits per heavy atom. The van der Waals surface area contributed by atoms with Crippen molar-refractivity contribution < 1.29 is 22.4 Å². The fourth-order valence-electron chi connectivity index (χ4n) is 2.06. The Balaban J connectivity index is 1.98. The van der Waals surface area contributed by atoms with Gasteiger partial charge in [-0.1, -0.05) is 12.1 Å². The molecule has 0 saturated heterocycles. The molecule has 0 radical (unpaired) electrons. The van der Waals surface area contributed by atoms with E-state index in [4.69, 9.17) is 0 Å². The van der Waals surface area contributed by atoms with Crippen molar-refractivity contribution in [2.45, 2.75) is 25.6 Å². The summed E-state index contributed by atoms with van der Waals surface area (Å²) in [7, 11) is 0. The van der Waals surface area contributed by atoms with Crippen molar-refractivity contribution in [2.75, 3.05) is 0 Å². The molecule has 2 aromatic rings. The van der Waals surface area contributed by atoms with Gasteiger partial charge in [-0.2, -0.15) is 13.2 Å². The average molecular weight is 314 g/mol. The van der Waals surface area contributed by atoms with E-state index in [1.165, 1.54) is 12.1 Å². The summed E-state index contributed by atoms with van der Waals surface area (Å²) in [5, 5.41) is 2.57. The number of hydrogen-bond donors (Lipinski definition) is 2. The minimum absolute atomic E-state index is 0.168. The van der Waals surface area contributed by atoms with Gasteiger partial charge in [-0.15, -0.1) is 0 Å². The highest BCUT2D eigenvalue weighted by Gasteiger charge is 2.32. The SMILES string of the molecule is CC(Cc1cccc(F)c1)NC(=O)c1cc(C(F)(F)F)c[nH]1. The number of amides is 1. The van der Waals surface area contributed by atoms with E-state index in [2.05, 4.69) is 10.3 Å². The van der Waals surface area contributed by atoms with E-state index in [0.29, 0.717) is 12.0 Å². The quantitative estimate of drug-likeness (QED) is 0.833. The Kier molecular flexibility index (Phi) is 4.54. The van der Waals surface area contributed by atoms with Crippen LogP contribution in [-0.4, -0.2) is 16.9 Å². The first-order valence-corrected chi connectivity index (χ1v) is 6.56. The van der Waals surface area contributed by atoms with Crippen LogP contribution in [0.15, 0.2) is 36.5 Å². The number of aromatic nitrogens is 1. The molecule has 118 valence electrons. The van der Waals surface area contributed by atoms with Crippen molar-refractivity contribution in [3.8, 4) is 0 Å². The summed E-state index contributed by atoms with van der Waals surface area (Å²) in [5.74, 6) is -1.02. The standard InChI is InChI=1S/C15H14F4N2O/c1-9(5-10-3-2-4-12(16)6-10)21-14(22)13-7-11(8-20-13)15(17,18)19/h2-4,6-9,20H,5H2,1H3,(H,21,22). The third-order valence-electron chi connectivity index (χ3n) is 3.06. The number of nitrogens with one attached hydrogen (secondary N) is 2. The van der Waals surface area contributed by atoms with Gasteiger partial charge in [-0.25, -0.2) is 4.39 Å². The van der Waals surface area contributed by atoms with Crippen molar-refractivity contribution in [3.05, 3.63) is 59.2 Å². The summed E-state index contributed by atoms with van der Waals surface area (Å²) in [6, 6.07) is 6.32. The Bertz CT molecular complexity index is 664. The molecule has 1 unspecified atom stereocenters. The monoisotopic (exact) mass is 314 g/mol. The highest BCUT2D eigenvalue weighted by Crippen LogP contribution is 2.29. The van der Waals surface area contributed by atoms with Gasteiger partial charge in [0.15, 0.2) is 0 Å². The van der Waals surface area contributed by atoms with E-state index < -0.39 is 17.6 Å². The van der Waals surface area contributed by atoms with Gasteiger partial charge >= 0.3 is 6.18 Å². The van der Waals surface area contributed by atoms with Gasteiger partial charge in [-0.3, -0.25) is 4.79 Å². The summed E-state index contributed by atoms with van der Waals surface area (Å²) in [6.07, 6.45) is -3.38. The fraction of sp³-hybridized carbons (Fsp3) is 0.267. The predicted molar refractivity (Wildman–Crippen MR) is 72.8 cm³/mol. The Morgan fingerprint density at radius 2 is 2.05 bits per heavy atom. The highest BCUT2D eigenvalue weighted by atomic mass is 19.4. The molecular formula is C15H14F4N2O. The Labute approximate surface area is 124 Å². The van der Waals surface area contributed by atoms with Crippen LogP contribution in [0.3, 0.4) is 0 Å². The first-order valence-electron chi connectivity index (χ1n) is 6.56. The van der Waals surface area contributed by atoms with Crippen LogP contribution >= 0.6 is 0 Å². The minimum Gasteiger partial charge on any atom is -0.357 e. The smallest absolute Gasteiger partial charge is 0.357 e. The van der Waals surface area contributed by atoms with Crippen LogP contribution in [0.25, 0.3) is 0 Å². The molecule has 1 aromatic carbocycles. The van der Waals surface area contributed by atoms with E-state index in [9.17, 15) is 22.4 Å². The molecule has 1 atom stereocenters. The van der Waals surface area contributed by atoms with E-state index in [1.54, 1.807) is 19.1 Å². The van der Waals surface area contributed by atoms with Crippen molar-refractivity contribution in [1.82, 2.24) is 10.3 Å². The second-order valence-electron chi connectivity index (χ2n) is 5.01. The molecule has 0 aliphatic heterocycles. The van der Waals surface area contributed by atoms with Crippen molar-refractivity contribution in [1.29, 1.82) is 0 Å². The van der Waals surface area contributed by atoms with E-state index >= 15 is 0 Å². The van der Waals surface area contributed by atoms with E-state index in [0.717, 1.165) is 12.3 Å². The molecule has 3 nitrogen and oxygen atoms in total. The number of benzene rings is 1. The minimum atomic E-state index is -4.50. The molecule has 0 saturated carbocycles. The predicted octanol–water partition coefficient (Wildman–Crippen LogP) is 3.53. The van der Waals surface area contributed by atoms with E-state index in [-0.39, 0.29) is 17.6 Å². The van der Waals surface area contributed by atoms with Crippen molar-refractivity contribution in [2.24, 2.45) is 0 Å². The molecule has 1 amide bonds. The Hall–Kier alpha value is -2.31. The first-order chi connectivity index (χ1) is 10.3. The largest absolute Gasteiger partial charge is 0.417 e. The molecule has 1 heterocycles. The molecule has 2 N–H and O–H groups in total. The maximum absolute atomic E-state index is 13.1. The zero-order chi connectivity index (χ0) is 16.3. The van der Waals surface area contributed by atoms with Crippen LogP contribution < -0.4 is 5.32 Å². The summed E-state index contributed by atoms with van der Waals surface area (Å²) in [4.78, 5) is 14.2. The normalized spacial score (nSPS) is 13.0. The summed E-state index contributed by atoms with van der Waals surface area (Å²) >= 11 is 0. The number of aromatic amines is 1. The lowest BCUT2D eigenvalue weighted by molar-refractivity contribution is -0.137. The number of alkyl halides is 3. The van der Waals surface area contributed by atoms with Gasteiger partial charge in [0.2, 0.25) is 0 Å². The van der Waals surface area contributed by atoms with Crippen LogP contribution in [0.1, 0.15) is 28.5 Å². The third kappa shape index (κ3) is 4.09. The number of hydrogen-bond acceptors (Lipinski definition) is 1. The summed E-state index contributed by atoms with van der Waals surface area (Å²) < 4.78 is 50.5. The summed E-state index contributed by atoms with van der Waals surface area (Å²) in [6.45, 7) is 1.69. The number of H-pyrrole nitrogens is 1. The van der Waals surface area contributed by atoms with Crippen LogP contribution in [0.5, 0.6) is 0 Å². The van der Waals surface area contributed by atoms with Crippen LogP contribution in [-0.2, 0) is 12.6 Å². The first kappa shape index (κ1) is 16.1. The van der Waals surface area contributed by atoms with Crippen LogP contribution in [0.2, 0.25) is 0 Å². The second-order valence-corrected chi connectivity index (χ2v) is 5.01. The fourth-order valence-corrected chi connectivity index (χ4v) is 2.06. The lowest BCUT2D eigenvalue weighted by atomic mass is 10.1. The molecule has 2 rings (SSSR count). The number of halogens is 4.